The van der Waals surface area contributed by atoms with Crippen LogP contribution in [0.25, 0.3) is 0 Å². The second-order valence-corrected chi connectivity index (χ2v) is 5.56. The van der Waals surface area contributed by atoms with Crippen LogP contribution in [0.15, 0.2) is 28.3 Å². The zero-order chi connectivity index (χ0) is 14.7. The number of likely N-dealkylation sites (N-methyl/N-ethyl adjacent to an activating group) is 1. The van der Waals surface area contributed by atoms with E-state index in [-0.39, 0.29) is 17.8 Å². The summed E-state index contributed by atoms with van der Waals surface area (Å²) in [6, 6.07) is 5.38. The van der Waals surface area contributed by atoms with Crippen LogP contribution in [0.4, 0.5) is 4.39 Å². The summed E-state index contributed by atoms with van der Waals surface area (Å²) in [7, 11) is 2.05. The number of likely N-dealkylation sites (tertiary alicyclic amines) is 1. The molecule has 0 bridgehead atoms. The largest absolute Gasteiger partial charge is 0.323 e. The summed E-state index contributed by atoms with van der Waals surface area (Å²) in [6.45, 7) is 5.80. The van der Waals surface area contributed by atoms with Gasteiger partial charge in [-0.25, -0.2) is 4.39 Å². The first-order chi connectivity index (χ1) is 9.51. The Morgan fingerprint density at radius 1 is 1.45 bits per heavy atom. The first-order valence-corrected chi connectivity index (χ1v) is 6.80. The molecule has 1 aliphatic heterocycles. The molecule has 4 nitrogen and oxygen atoms in total. The number of hydrazone groups is 1. The molecular weight excluding hydrogens is 255 g/mol. The van der Waals surface area contributed by atoms with Crippen molar-refractivity contribution in [3.05, 3.63) is 35.1 Å². The lowest BCUT2D eigenvalue weighted by Gasteiger charge is -2.33. The maximum atomic E-state index is 14.0. The summed E-state index contributed by atoms with van der Waals surface area (Å²) < 4.78 is 14.0. The van der Waals surface area contributed by atoms with Crippen molar-refractivity contribution in [1.82, 2.24) is 4.90 Å². The molecule has 1 saturated heterocycles. The van der Waals surface area contributed by atoms with Gasteiger partial charge in [0, 0.05) is 24.9 Å². The first-order valence-electron chi connectivity index (χ1n) is 6.80. The van der Waals surface area contributed by atoms with E-state index in [0.717, 1.165) is 13.1 Å². The molecule has 0 radical (unpaired) electrons. The van der Waals surface area contributed by atoms with Gasteiger partial charge in [-0.05, 0) is 24.6 Å². The number of benzene rings is 1. The third-order valence-electron chi connectivity index (χ3n) is 3.51. The van der Waals surface area contributed by atoms with E-state index in [1.807, 2.05) is 27.0 Å². The van der Waals surface area contributed by atoms with Gasteiger partial charge in [0.15, 0.2) is 0 Å². The Morgan fingerprint density at radius 2 is 2.15 bits per heavy atom. The minimum atomic E-state index is -0.226. The molecule has 1 heterocycles. The third kappa shape index (κ3) is 3.22. The summed E-state index contributed by atoms with van der Waals surface area (Å²) >= 11 is 0. The minimum Gasteiger partial charge on any atom is -0.323 e. The molecule has 1 aromatic rings. The van der Waals surface area contributed by atoms with Crippen LogP contribution in [0.3, 0.4) is 0 Å². The van der Waals surface area contributed by atoms with Crippen LogP contribution in [0.1, 0.15) is 30.9 Å². The van der Waals surface area contributed by atoms with E-state index >= 15 is 0 Å². The highest BCUT2D eigenvalue weighted by Crippen LogP contribution is 2.19. The number of hydrogen-bond acceptors (Lipinski definition) is 4. The Bertz CT molecular complexity index is 531. The fourth-order valence-electron chi connectivity index (χ4n) is 2.27. The van der Waals surface area contributed by atoms with Crippen molar-refractivity contribution in [3.63, 3.8) is 0 Å². The maximum absolute atomic E-state index is 14.0. The van der Waals surface area contributed by atoms with Crippen molar-refractivity contribution in [2.75, 3.05) is 20.1 Å². The highest BCUT2D eigenvalue weighted by atomic mass is 19.1. The average Bonchev–Trinajstić information content (AvgIpc) is 2.36. The van der Waals surface area contributed by atoms with Gasteiger partial charge in [-0.3, -0.25) is 4.99 Å². The molecule has 5 heteroatoms. The summed E-state index contributed by atoms with van der Waals surface area (Å²) in [6.07, 6.45) is 1.64. The maximum Gasteiger partial charge on any atom is 0.127 e. The fraction of sp³-hybridized carbons (Fsp3) is 0.467. The Labute approximate surface area is 119 Å². The van der Waals surface area contributed by atoms with E-state index in [4.69, 9.17) is 5.84 Å². The molecule has 1 fully saturated rings. The lowest BCUT2D eigenvalue weighted by atomic mass is 9.99. The van der Waals surface area contributed by atoms with Crippen LogP contribution < -0.4 is 5.84 Å². The molecule has 0 aliphatic carbocycles. The van der Waals surface area contributed by atoms with Gasteiger partial charge in [-0.15, -0.1) is 0 Å². The van der Waals surface area contributed by atoms with Gasteiger partial charge >= 0.3 is 0 Å². The van der Waals surface area contributed by atoms with Crippen LogP contribution in [-0.4, -0.2) is 43.0 Å². The standard InChI is InChI=1S/C15H21FN4/c1-10(2)13-5-4-11(6-14(13)16)15(19-17)7-18-12-8-20(3)9-12/h4-7,10,12H,8-9,17H2,1-3H3/b18-7?,19-15+. The molecule has 0 unspecified atom stereocenters. The summed E-state index contributed by atoms with van der Waals surface area (Å²) in [5, 5.41) is 3.71. The second-order valence-electron chi connectivity index (χ2n) is 5.56. The topological polar surface area (TPSA) is 54.0 Å². The van der Waals surface area contributed by atoms with Crippen molar-refractivity contribution in [1.29, 1.82) is 0 Å². The Balaban J connectivity index is 2.14. The van der Waals surface area contributed by atoms with Crippen molar-refractivity contribution < 1.29 is 4.39 Å². The number of halogens is 1. The first kappa shape index (κ1) is 14.7. The van der Waals surface area contributed by atoms with E-state index < -0.39 is 0 Å². The quantitative estimate of drug-likeness (QED) is 0.519. The normalized spacial score (nSPS) is 17.9. The molecule has 2 N–H and O–H groups in total. The summed E-state index contributed by atoms with van der Waals surface area (Å²) in [4.78, 5) is 6.59. The van der Waals surface area contributed by atoms with Crippen LogP contribution in [0, 0.1) is 5.82 Å². The van der Waals surface area contributed by atoms with Crippen LogP contribution in [-0.2, 0) is 0 Å². The zero-order valence-electron chi connectivity index (χ0n) is 12.2. The van der Waals surface area contributed by atoms with E-state index in [9.17, 15) is 4.39 Å². The van der Waals surface area contributed by atoms with Crippen molar-refractivity contribution in [2.24, 2.45) is 15.9 Å². The van der Waals surface area contributed by atoms with Crippen molar-refractivity contribution in [2.45, 2.75) is 25.8 Å². The summed E-state index contributed by atoms with van der Waals surface area (Å²) in [5.74, 6) is 5.32. The van der Waals surface area contributed by atoms with E-state index in [0.29, 0.717) is 16.8 Å². The van der Waals surface area contributed by atoms with E-state index in [1.54, 1.807) is 12.3 Å². The number of aliphatic imine (C=N–C) groups is 1. The van der Waals surface area contributed by atoms with Gasteiger partial charge in [-0.2, -0.15) is 5.10 Å². The molecule has 20 heavy (non-hydrogen) atoms. The van der Waals surface area contributed by atoms with Crippen LogP contribution in [0.2, 0.25) is 0 Å². The fourth-order valence-corrected chi connectivity index (χ4v) is 2.27. The Morgan fingerprint density at radius 3 is 2.65 bits per heavy atom. The minimum absolute atomic E-state index is 0.154. The van der Waals surface area contributed by atoms with Gasteiger partial charge < -0.3 is 10.7 Å². The van der Waals surface area contributed by atoms with Gasteiger partial charge in [0.2, 0.25) is 0 Å². The Kier molecular flexibility index (Phi) is 4.49. The molecule has 1 aromatic carbocycles. The monoisotopic (exact) mass is 276 g/mol. The smallest absolute Gasteiger partial charge is 0.127 e. The molecule has 0 saturated carbocycles. The lowest BCUT2D eigenvalue weighted by molar-refractivity contribution is 0.194. The van der Waals surface area contributed by atoms with Crippen molar-refractivity contribution >= 4 is 11.9 Å². The van der Waals surface area contributed by atoms with Crippen molar-refractivity contribution in [3.8, 4) is 0 Å². The predicted molar refractivity (Wildman–Crippen MR) is 81.0 cm³/mol. The summed E-state index contributed by atoms with van der Waals surface area (Å²) in [5.41, 5.74) is 1.86. The highest BCUT2D eigenvalue weighted by molar-refractivity contribution is 6.38. The number of nitrogens with two attached hydrogens (primary N) is 1. The van der Waals surface area contributed by atoms with Gasteiger partial charge in [0.1, 0.15) is 11.5 Å². The van der Waals surface area contributed by atoms with Crippen LogP contribution in [0.5, 0.6) is 0 Å². The van der Waals surface area contributed by atoms with Crippen LogP contribution >= 0.6 is 0 Å². The average molecular weight is 276 g/mol. The number of hydrogen-bond donors (Lipinski definition) is 1. The number of rotatable bonds is 4. The molecule has 1 aliphatic rings. The molecular formula is C15H21FN4. The Hall–Kier alpha value is -1.75. The van der Waals surface area contributed by atoms with Gasteiger partial charge in [0.25, 0.3) is 0 Å². The third-order valence-corrected chi connectivity index (χ3v) is 3.51. The number of nitrogens with zero attached hydrogens (tertiary/aromatic N) is 3. The van der Waals surface area contributed by atoms with E-state index in [2.05, 4.69) is 15.0 Å². The lowest BCUT2D eigenvalue weighted by Crippen LogP contribution is -2.47. The predicted octanol–water partition coefficient (Wildman–Crippen LogP) is 2.00. The van der Waals surface area contributed by atoms with Gasteiger partial charge in [0.05, 0.1) is 6.04 Å². The van der Waals surface area contributed by atoms with E-state index in [1.165, 1.54) is 6.07 Å². The molecule has 0 spiro atoms. The second kappa shape index (κ2) is 6.13. The molecule has 0 atom stereocenters. The molecule has 0 amide bonds. The zero-order valence-corrected chi connectivity index (χ0v) is 12.2. The SMILES string of the molecule is CC(C)c1ccc(/C(C=NC2CN(C)C2)=N/N)cc1F. The molecule has 2 rings (SSSR count). The molecule has 108 valence electrons. The molecule has 0 aromatic heterocycles. The van der Waals surface area contributed by atoms with Gasteiger partial charge in [-0.1, -0.05) is 26.0 Å². The highest BCUT2D eigenvalue weighted by Gasteiger charge is 2.21.